The van der Waals surface area contributed by atoms with Crippen LogP contribution in [0.15, 0.2) is 36.9 Å². The number of carbonyl (C=O) groups excluding carboxylic acids is 4. The van der Waals surface area contributed by atoms with Crippen molar-refractivity contribution in [2.24, 2.45) is 21.1 Å². The molecule has 180 valence electrons. The Balaban J connectivity index is 1.49. The van der Waals surface area contributed by atoms with Crippen LogP contribution >= 0.6 is 0 Å². The van der Waals surface area contributed by atoms with E-state index in [4.69, 9.17) is 0 Å². The number of amides is 4. The molecule has 0 spiro atoms. The molecule has 12 heteroatoms. The van der Waals surface area contributed by atoms with E-state index in [1.54, 1.807) is 43.2 Å². The van der Waals surface area contributed by atoms with Gasteiger partial charge < -0.3 is 35.0 Å². The van der Waals surface area contributed by atoms with E-state index >= 15 is 0 Å². The van der Waals surface area contributed by atoms with E-state index in [2.05, 4.69) is 26.3 Å². The van der Waals surface area contributed by atoms with Gasteiger partial charge in [-0.2, -0.15) is 0 Å². The zero-order valence-electron chi connectivity index (χ0n) is 19.5. The minimum absolute atomic E-state index is 0.120. The average molecular weight is 469 g/mol. The molecule has 0 radical (unpaired) electrons. The Kier molecular flexibility index (Phi) is 7.51. The third kappa shape index (κ3) is 6.34. The molecule has 3 aromatic rings. The molecule has 0 aliphatic carbocycles. The van der Waals surface area contributed by atoms with Gasteiger partial charge in [-0.25, -0.2) is 4.98 Å². The highest BCUT2D eigenvalue weighted by Gasteiger charge is 2.18. The lowest BCUT2D eigenvalue weighted by molar-refractivity contribution is -0.116. The molecule has 0 aromatic carbocycles. The zero-order valence-corrected chi connectivity index (χ0v) is 19.5. The van der Waals surface area contributed by atoms with E-state index in [1.165, 1.54) is 17.7 Å². The molecule has 3 aromatic heterocycles. The maximum atomic E-state index is 12.6. The summed E-state index contributed by atoms with van der Waals surface area (Å²) in [6.07, 6.45) is 7.50. The van der Waals surface area contributed by atoms with Crippen molar-refractivity contribution in [1.29, 1.82) is 0 Å². The van der Waals surface area contributed by atoms with E-state index < -0.39 is 11.8 Å². The Morgan fingerprint density at radius 1 is 0.912 bits per heavy atom. The first-order valence-corrected chi connectivity index (χ1v) is 10.6. The molecule has 3 heterocycles. The monoisotopic (exact) mass is 468 g/mol. The van der Waals surface area contributed by atoms with Crippen molar-refractivity contribution in [2.75, 3.05) is 22.5 Å². The Labute approximate surface area is 196 Å². The smallest absolute Gasteiger partial charge is 0.287 e. The van der Waals surface area contributed by atoms with Crippen molar-refractivity contribution in [3.05, 3.63) is 48.4 Å². The minimum atomic E-state index is -0.436. The van der Waals surface area contributed by atoms with Crippen molar-refractivity contribution in [3.63, 3.8) is 0 Å². The summed E-state index contributed by atoms with van der Waals surface area (Å²) < 4.78 is 4.91. The number of aromatic nitrogens is 4. The fourth-order valence-electron chi connectivity index (χ4n) is 3.31. The van der Waals surface area contributed by atoms with Crippen LogP contribution in [0.4, 0.5) is 17.2 Å². The molecule has 0 saturated heterocycles. The predicted octanol–water partition coefficient (Wildman–Crippen LogP) is 1.46. The van der Waals surface area contributed by atoms with Gasteiger partial charge in [-0.15, -0.1) is 0 Å². The second kappa shape index (κ2) is 10.5. The SMILES string of the molecule is CC(=O)Nc1cc(C(=O)Nc2cn(C)c(C(=O)NCCCC(=O)Nc3ccn(C)c3)n2)n(C)c1. The standard InChI is InChI=1S/C22H28N8O4/c1-14(31)24-16-10-17(29(3)12-16)21(33)27-18-13-30(4)20(26-18)22(34)23-8-5-6-19(32)25-15-7-9-28(2)11-15/h7,9-13H,5-6,8H2,1-4H3,(H,23,34)(H,24,31)(H,25,32)(H,27,33). The van der Waals surface area contributed by atoms with E-state index in [-0.39, 0.29) is 29.9 Å². The third-order valence-electron chi connectivity index (χ3n) is 4.86. The number of rotatable bonds is 9. The number of imidazole rings is 1. The molecule has 0 saturated carbocycles. The van der Waals surface area contributed by atoms with Gasteiger partial charge in [0.15, 0.2) is 5.82 Å². The maximum absolute atomic E-state index is 12.6. The zero-order chi connectivity index (χ0) is 24.8. The van der Waals surface area contributed by atoms with Crippen molar-refractivity contribution >= 4 is 40.8 Å². The van der Waals surface area contributed by atoms with Gasteiger partial charge in [-0.3, -0.25) is 19.2 Å². The number of nitrogens with one attached hydrogen (secondary N) is 4. The first kappa shape index (κ1) is 24.3. The van der Waals surface area contributed by atoms with Gasteiger partial charge >= 0.3 is 0 Å². The Hall–Kier alpha value is -4.35. The molecule has 34 heavy (non-hydrogen) atoms. The largest absolute Gasteiger partial charge is 0.355 e. The molecular weight excluding hydrogens is 440 g/mol. The van der Waals surface area contributed by atoms with Gasteiger partial charge in [0.2, 0.25) is 17.6 Å². The summed E-state index contributed by atoms with van der Waals surface area (Å²) in [7, 11) is 5.19. The first-order valence-electron chi connectivity index (χ1n) is 10.6. The van der Waals surface area contributed by atoms with E-state index in [0.29, 0.717) is 24.3 Å². The highest BCUT2D eigenvalue weighted by Crippen LogP contribution is 2.15. The lowest BCUT2D eigenvalue weighted by atomic mass is 10.3. The Bertz CT molecular complexity index is 1220. The fourth-order valence-corrected chi connectivity index (χ4v) is 3.31. The molecule has 0 unspecified atom stereocenters. The molecule has 0 aliphatic heterocycles. The van der Waals surface area contributed by atoms with E-state index in [1.807, 2.05) is 17.8 Å². The molecule has 4 amide bonds. The van der Waals surface area contributed by atoms with Crippen LogP contribution in [0.25, 0.3) is 0 Å². The average Bonchev–Trinajstić information content (AvgIpc) is 3.43. The summed E-state index contributed by atoms with van der Waals surface area (Å²) in [4.78, 5) is 52.5. The number of aryl methyl sites for hydroxylation is 3. The summed E-state index contributed by atoms with van der Waals surface area (Å²) >= 11 is 0. The lowest BCUT2D eigenvalue weighted by Gasteiger charge is -2.05. The summed E-state index contributed by atoms with van der Waals surface area (Å²) in [5.74, 6) is -0.900. The van der Waals surface area contributed by atoms with Crippen molar-refractivity contribution in [1.82, 2.24) is 24.0 Å². The van der Waals surface area contributed by atoms with Crippen LogP contribution in [-0.2, 0) is 30.7 Å². The number of hydrogen-bond acceptors (Lipinski definition) is 5. The molecule has 3 rings (SSSR count). The van der Waals surface area contributed by atoms with Crippen LogP contribution in [0.1, 0.15) is 40.9 Å². The minimum Gasteiger partial charge on any atom is -0.355 e. The number of hydrogen-bond donors (Lipinski definition) is 4. The van der Waals surface area contributed by atoms with Crippen LogP contribution in [0.2, 0.25) is 0 Å². The quantitative estimate of drug-likeness (QED) is 0.352. The molecular formula is C22H28N8O4. The Morgan fingerprint density at radius 3 is 2.35 bits per heavy atom. The van der Waals surface area contributed by atoms with Gasteiger partial charge in [0.05, 0.1) is 11.4 Å². The first-order chi connectivity index (χ1) is 16.1. The lowest BCUT2D eigenvalue weighted by Crippen LogP contribution is -2.27. The van der Waals surface area contributed by atoms with Crippen LogP contribution in [0.3, 0.4) is 0 Å². The number of carbonyl (C=O) groups is 4. The van der Waals surface area contributed by atoms with Gasteiger partial charge in [-0.1, -0.05) is 0 Å². The van der Waals surface area contributed by atoms with Crippen LogP contribution in [0, 0.1) is 0 Å². The van der Waals surface area contributed by atoms with Crippen LogP contribution in [0.5, 0.6) is 0 Å². The number of anilines is 3. The molecule has 0 aliphatic rings. The van der Waals surface area contributed by atoms with Crippen LogP contribution in [-0.4, -0.2) is 48.9 Å². The summed E-state index contributed by atoms with van der Waals surface area (Å²) in [5, 5.41) is 10.8. The van der Waals surface area contributed by atoms with Gasteiger partial charge in [0.25, 0.3) is 11.8 Å². The van der Waals surface area contributed by atoms with Gasteiger partial charge in [0, 0.05) is 65.8 Å². The molecule has 0 atom stereocenters. The predicted molar refractivity (Wildman–Crippen MR) is 126 cm³/mol. The van der Waals surface area contributed by atoms with Crippen molar-refractivity contribution in [2.45, 2.75) is 19.8 Å². The molecule has 0 bridgehead atoms. The highest BCUT2D eigenvalue weighted by molar-refractivity contribution is 6.04. The molecule has 0 fully saturated rings. The summed E-state index contributed by atoms with van der Waals surface area (Å²) in [6, 6.07) is 3.35. The van der Waals surface area contributed by atoms with Crippen molar-refractivity contribution < 1.29 is 19.2 Å². The maximum Gasteiger partial charge on any atom is 0.287 e. The summed E-state index contributed by atoms with van der Waals surface area (Å²) in [6.45, 7) is 1.68. The highest BCUT2D eigenvalue weighted by atomic mass is 16.2. The fraction of sp³-hybridized carbons (Fsp3) is 0.318. The van der Waals surface area contributed by atoms with Crippen molar-refractivity contribution in [3.8, 4) is 0 Å². The van der Waals surface area contributed by atoms with E-state index in [9.17, 15) is 19.2 Å². The Morgan fingerprint density at radius 2 is 1.68 bits per heavy atom. The number of nitrogens with zero attached hydrogens (tertiary/aromatic N) is 4. The van der Waals surface area contributed by atoms with Gasteiger partial charge in [-0.05, 0) is 18.6 Å². The van der Waals surface area contributed by atoms with Crippen LogP contribution < -0.4 is 21.3 Å². The molecule has 12 nitrogen and oxygen atoms in total. The topological polar surface area (TPSA) is 144 Å². The summed E-state index contributed by atoms with van der Waals surface area (Å²) in [5.41, 5.74) is 1.54. The van der Waals surface area contributed by atoms with Gasteiger partial charge in [0.1, 0.15) is 5.69 Å². The second-order valence-corrected chi connectivity index (χ2v) is 7.89. The normalized spacial score (nSPS) is 10.6. The molecule has 4 N–H and O–H groups in total. The second-order valence-electron chi connectivity index (χ2n) is 7.89. The van der Waals surface area contributed by atoms with E-state index in [0.717, 1.165) is 5.69 Å². The third-order valence-corrected chi connectivity index (χ3v) is 4.86.